The molecule has 0 fully saturated rings. The van der Waals surface area contributed by atoms with Gasteiger partial charge in [0.15, 0.2) is 0 Å². The van der Waals surface area contributed by atoms with Gasteiger partial charge >= 0.3 is 0 Å². The van der Waals surface area contributed by atoms with Gasteiger partial charge < -0.3 is 13.7 Å². The third-order valence-electron chi connectivity index (χ3n) is 3.76. The number of furan rings is 2. The van der Waals surface area contributed by atoms with Gasteiger partial charge in [-0.25, -0.2) is 9.50 Å². The Balaban J connectivity index is 1.66. The molecule has 4 heterocycles. The fourth-order valence-electron chi connectivity index (χ4n) is 2.52. The first kappa shape index (κ1) is 15.1. The van der Waals surface area contributed by atoms with Gasteiger partial charge in [0.05, 0.1) is 25.6 Å². The molecule has 0 spiro atoms. The lowest BCUT2D eigenvalue weighted by Crippen LogP contribution is -2.30. The zero-order valence-corrected chi connectivity index (χ0v) is 13.5. The second-order valence-electron chi connectivity index (χ2n) is 5.55. The lowest BCUT2D eigenvalue weighted by atomic mass is 10.3. The number of rotatable bonds is 5. The molecule has 0 unspecified atom stereocenters. The van der Waals surface area contributed by atoms with Gasteiger partial charge in [0.1, 0.15) is 11.5 Å². The summed E-state index contributed by atoms with van der Waals surface area (Å²) in [6.07, 6.45) is 4.78. The number of nitrogens with zero attached hydrogens (tertiary/aromatic N) is 5. The molecule has 0 atom stereocenters. The van der Waals surface area contributed by atoms with Crippen LogP contribution in [0.5, 0.6) is 0 Å². The van der Waals surface area contributed by atoms with E-state index in [9.17, 15) is 4.79 Å². The highest BCUT2D eigenvalue weighted by atomic mass is 16.3. The fourth-order valence-corrected chi connectivity index (χ4v) is 2.52. The van der Waals surface area contributed by atoms with Gasteiger partial charge in [0.2, 0.25) is 5.82 Å². The molecule has 0 N–H and O–H groups in total. The molecule has 1 amide bonds. The molecule has 0 aliphatic carbocycles. The van der Waals surface area contributed by atoms with E-state index >= 15 is 0 Å². The van der Waals surface area contributed by atoms with Gasteiger partial charge in [-0.05, 0) is 37.3 Å². The van der Waals surface area contributed by atoms with E-state index in [0.717, 1.165) is 5.69 Å². The molecular formula is C17H15N5O3. The molecule has 4 rings (SSSR count). The summed E-state index contributed by atoms with van der Waals surface area (Å²) in [5, 5.41) is 4.28. The summed E-state index contributed by atoms with van der Waals surface area (Å²) in [6, 6.07) is 8.98. The molecule has 0 aliphatic rings. The van der Waals surface area contributed by atoms with E-state index in [4.69, 9.17) is 8.83 Å². The van der Waals surface area contributed by atoms with E-state index in [2.05, 4.69) is 15.1 Å². The topological polar surface area (TPSA) is 89.7 Å². The smallest absolute Gasteiger partial charge is 0.294 e. The standard InChI is InChI=1S/C17H15N5O3/c1-12-6-7-18-17-19-15(20-22(12)17)16(23)21(10-13-4-2-8-24-13)11-14-5-3-9-25-14/h2-9H,10-11H2,1H3. The fraction of sp³-hybridized carbons (Fsp3) is 0.176. The van der Waals surface area contributed by atoms with Crippen molar-refractivity contribution in [2.24, 2.45) is 0 Å². The van der Waals surface area contributed by atoms with E-state index in [1.54, 1.807) is 46.3 Å². The summed E-state index contributed by atoms with van der Waals surface area (Å²) in [5.41, 5.74) is 0.847. The summed E-state index contributed by atoms with van der Waals surface area (Å²) in [7, 11) is 0. The highest BCUT2D eigenvalue weighted by Crippen LogP contribution is 2.14. The molecule has 25 heavy (non-hydrogen) atoms. The van der Waals surface area contributed by atoms with Crippen LogP contribution in [0.2, 0.25) is 0 Å². The van der Waals surface area contributed by atoms with Gasteiger partial charge in [-0.2, -0.15) is 4.98 Å². The summed E-state index contributed by atoms with van der Waals surface area (Å²) < 4.78 is 12.3. The summed E-state index contributed by atoms with van der Waals surface area (Å²) in [5.74, 6) is 1.48. The Labute approximate surface area is 142 Å². The zero-order chi connectivity index (χ0) is 17.2. The van der Waals surface area contributed by atoms with Crippen LogP contribution in [0.3, 0.4) is 0 Å². The molecule has 0 aliphatic heterocycles. The molecule has 0 aromatic carbocycles. The Kier molecular flexibility index (Phi) is 3.77. The number of hydrogen-bond donors (Lipinski definition) is 0. The van der Waals surface area contributed by atoms with Gasteiger partial charge in [-0.1, -0.05) is 0 Å². The van der Waals surface area contributed by atoms with Crippen molar-refractivity contribution in [3.63, 3.8) is 0 Å². The summed E-state index contributed by atoms with van der Waals surface area (Å²) in [4.78, 5) is 22.9. The molecule has 4 aromatic heterocycles. The van der Waals surface area contributed by atoms with Gasteiger partial charge in [-0.3, -0.25) is 4.79 Å². The lowest BCUT2D eigenvalue weighted by Gasteiger charge is -2.18. The molecule has 0 radical (unpaired) electrons. The molecule has 0 bridgehead atoms. The SMILES string of the molecule is Cc1ccnc2nc(C(=O)N(Cc3ccco3)Cc3ccco3)nn12. The van der Waals surface area contributed by atoms with E-state index < -0.39 is 0 Å². The minimum atomic E-state index is -0.322. The Bertz CT molecular complexity index is 953. The Morgan fingerprint density at radius 3 is 2.36 bits per heavy atom. The van der Waals surface area contributed by atoms with Crippen molar-refractivity contribution in [3.8, 4) is 0 Å². The van der Waals surface area contributed by atoms with Crippen LogP contribution >= 0.6 is 0 Å². The van der Waals surface area contributed by atoms with Crippen molar-refractivity contribution in [2.75, 3.05) is 0 Å². The second kappa shape index (κ2) is 6.23. The zero-order valence-electron chi connectivity index (χ0n) is 13.5. The number of carbonyl (C=O) groups is 1. The average molecular weight is 337 g/mol. The minimum Gasteiger partial charge on any atom is -0.467 e. The van der Waals surface area contributed by atoms with Crippen molar-refractivity contribution >= 4 is 11.7 Å². The van der Waals surface area contributed by atoms with E-state index in [1.165, 1.54) is 0 Å². The maximum Gasteiger partial charge on any atom is 0.294 e. The lowest BCUT2D eigenvalue weighted by molar-refractivity contribution is 0.0692. The number of amides is 1. The second-order valence-corrected chi connectivity index (χ2v) is 5.55. The normalized spacial score (nSPS) is 11.1. The number of fused-ring (bicyclic) bond motifs is 1. The van der Waals surface area contributed by atoms with Crippen molar-refractivity contribution in [1.82, 2.24) is 24.5 Å². The van der Waals surface area contributed by atoms with Gasteiger partial charge in [0.25, 0.3) is 11.7 Å². The van der Waals surface area contributed by atoms with Crippen LogP contribution in [0.1, 0.15) is 27.8 Å². The maximum absolute atomic E-state index is 13.0. The summed E-state index contributed by atoms with van der Waals surface area (Å²) in [6.45, 7) is 2.45. The third kappa shape index (κ3) is 3.01. The maximum atomic E-state index is 13.0. The van der Waals surface area contributed by atoms with Crippen molar-refractivity contribution < 1.29 is 13.6 Å². The van der Waals surface area contributed by atoms with Crippen LogP contribution in [0.25, 0.3) is 5.78 Å². The van der Waals surface area contributed by atoms with E-state index in [1.807, 2.05) is 19.1 Å². The molecule has 0 saturated heterocycles. The van der Waals surface area contributed by atoms with Crippen molar-refractivity contribution in [3.05, 3.63) is 72.1 Å². The monoisotopic (exact) mass is 337 g/mol. The Morgan fingerprint density at radius 1 is 1.12 bits per heavy atom. The van der Waals surface area contributed by atoms with E-state index in [-0.39, 0.29) is 24.8 Å². The molecule has 8 nitrogen and oxygen atoms in total. The first-order valence-corrected chi connectivity index (χ1v) is 7.73. The predicted octanol–water partition coefficient (Wildman–Crippen LogP) is 2.46. The quantitative estimate of drug-likeness (QED) is 0.556. The molecular weight excluding hydrogens is 322 g/mol. The van der Waals surface area contributed by atoms with Crippen LogP contribution in [0.4, 0.5) is 0 Å². The number of aromatic nitrogens is 4. The predicted molar refractivity (Wildman–Crippen MR) is 86.5 cm³/mol. The molecule has 0 saturated carbocycles. The largest absolute Gasteiger partial charge is 0.467 e. The Morgan fingerprint density at radius 2 is 1.80 bits per heavy atom. The first-order chi connectivity index (χ1) is 12.2. The van der Waals surface area contributed by atoms with E-state index in [0.29, 0.717) is 17.3 Å². The number of hydrogen-bond acceptors (Lipinski definition) is 6. The van der Waals surface area contributed by atoms with Crippen molar-refractivity contribution in [1.29, 1.82) is 0 Å². The first-order valence-electron chi connectivity index (χ1n) is 7.73. The summed E-state index contributed by atoms with van der Waals surface area (Å²) >= 11 is 0. The molecule has 126 valence electrons. The molecule has 8 heteroatoms. The van der Waals surface area contributed by atoms with Crippen LogP contribution in [0.15, 0.2) is 57.9 Å². The third-order valence-corrected chi connectivity index (χ3v) is 3.76. The number of carbonyl (C=O) groups excluding carboxylic acids is 1. The van der Waals surface area contributed by atoms with Crippen LogP contribution in [-0.2, 0) is 13.1 Å². The van der Waals surface area contributed by atoms with Crippen LogP contribution in [0, 0.1) is 6.92 Å². The number of aryl methyl sites for hydroxylation is 1. The highest BCUT2D eigenvalue weighted by Gasteiger charge is 2.23. The van der Waals surface area contributed by atoms with Crippen molar-refractivity contribution in [2.45, 2.75) is 20.0 Å². The van der Waals surface area contributed by atoms with Gasteiger partial charge in [0, 0.05) is 11.9 Å². The highest BCUT2D eigenvalue weighted by molar-refractivity contribution is 5.90. The van der Waals surface area contributed by atoms with Crippen LogP contribution in [-0.4, -0.2) is 30.4 Å². The van der Waals surface area contributed by atoms with Crippen LogP contribution < -0.4 is 0 Å². The van der Waals surface area contributed by atoms with Gasteiger partial charge in [-0.15, -0.1) is 5.10 Å². The average Bonchev–Trinajstić information content (AvgIpc) is 3.35. The molecule has 4 aromatic rings. The minimum absolute atomic E-state index is 0.0833. The Hall–Kier alpha value is -3.42.